The number of unbranched alkanes of at least 4 members (excludes halogenated alkanes) is 8. The van der Waals surface area contributed by atoms with E-state index >= 15 is 0 Å². The minimum atomic E-state index is -4.23. The third-order valence-electron chi connectivity index (χ3n) is 5.73. The molecule has 0 spiro atoms. The molecule has 5 heteroatoms. The van der Waals surface area contributed by atoms with Crippen molar-refractivity contribution < 1.29 is 13.2 Å². The molecule has 24 heavy (non-hydrogen) atoms. The quantitative estimate of drug-likeness (QED) is 0.306. The summed E-state index contributed by atoms with van der Waals surface area (Å²) in [5.74, 6) is 0. The van der Waals surface area contributed by atoms with E-state index in [9.17, 15) is 13.2 Å². The van der Waals surface area contributed by atoms with E-state index < -0.39 is 17.3 Å². The maximum absolute atomic E-state index is 13.8. The van der Waals surface area contributed by atoms with Crippen LogP contribution in [0.25, 0.3) is 0 Å². The van der Waals surface area contributed by atoms with Crippen molar-refractivity contribution in [2.45, 2.75) is 110 Å². The van der Waals surface area contributed by atoms with Crippen LogP contribution in [0.2, 0.25) is 0 Å². The van der Waals surface area contributed by atoms with E-state index in [4.69, 9.17) is 0 Å². The average Bonchev–Trinajstić information content (AvgIpc) is 3.20. The first-order valence-corrected chi connectivity index (χ1v) is 9.83. The Balaban J connectivity index is 2.68. The first kappa shape index (κ1) is 21.8. The van der Waals surface area contributed by atoms with Crippen LogP contribution in [0.3, 0.4) is 0 Å². The van der Waals surface area contributed by atoms with Gasteiger partial charge in [0.05, 0.1) is 0 Å². The van der Waals surface area contributed by atoms with E-state index in [1.54, 1.807) is 0 Å². The Labute approximate surface area is 146 Å². The van der Waals surface area contributed by atoms with E-state index in [2.05, 4.69) is 19.3 Å². The van der Waals surface area contributed by atoms with Crippen LogP contribution in [0.15, 0.2) is 0 Å². The summed E-state index contributed by atoms with van der Waals surface area (Å²) in [6.45, 7) is 6.15. The van der Waals surface area contributed by atoms with Gasteiger partial charge in [0.25, 0.3) is 0 Å². The molecule has 0 aromatic carbocycles. The van der Waals surface area contributed by atoms with Gasteiger partial charge in [-0.15, -0.1) is 0 Å². The zero-order valence-corrected chi connectivity index (χ0v) is 16.1. The van der Waals surface area contributed by atoms with Crippen LogP contribution in [0.4, 0.5) is 13.2 Å². The summed E-state index contributed by atoms with van der Waals surface area (Å²) >= 11 is 0. The lowest BCUT2D eigenvalue weighted by Gasteiger charge is -2.38. The second-order valence-electron chi connectivity index (χ2n) is 7.77. The van der Waals surface area contributed by atoms with Crippen LogP contribution >= 0.6 is 0 Å². The average molecular weight is 351 g/mol. The molecule has 0 aromatic heterocycles. The first-order valence-electron chi connectivity index (χ1n) is 9.83. The molecule has 0 bridgehead atoms. The Morgan fingerprint density at radius 3 is 1.46 bits per heavy atom. The SMILES string of the molecule is CCCCCCCC(C)(CCCCCCC)C1(C(F)(F)F)NN1C. The number of rotatable bonds is 13. The van der Waals surface area contributed by atoms with Crippen LogP contribution in [0.5, 0.6) is 0 Å². The van der Waals surface area contributed by atoms with Gasteiger partial charge in [0, 0.05) is 12.5 Å². The van der Waals surface area contributed by atoms with Crippen molar-refractivity contribution in [2.24, 2.45) is 5.41 Å². The van der Waals surface area contributed by atoms with E-state index in [0.29, 0.717) is 12.8 Å². The molecule has 0 saturated carbocycles. The van der Waals surface area contributed by atoms with E-state index in [1.807, 2.05) is 6.92 Å². The van der Waals surface area contributed by atoms with Gasteiger partial charge in [-0.05, 0) is 12.8 Å². The first-order chi connectivity index (χ1) is 11.2. The molecule has 1 heterocycles. The predicted molar refractivity (Wildman–Crippen MR) is 94.5 cm³/mol. The highest BCUT2D eigenvalue weighted by atomic mass is 19.4. The van der Waals surface area contributed by atoms with Gasteiger partial charge >= 0.3 is 6.18 Å². The fourth-order valence-corrected chi connectivity index (χ4v) is 4.08. The smallest absolute Gasteiger partial charge is 0.224 e. The number of nitrogens with zero attached hydrogens (tertiary/aromatic N) is 1. The lowest BCUT2D eigenvalue weighted by molar-refractivity contribution is -0.204. The monoisotopic (exact) mass is 350 g/mol. The second kappa shape index (κ2) is 9.42. The molecular weight excluding hydrogens is 313 g/mol. The number of nitrogens with one attached hydrogen (secondary N) is 1. The molecule has 1 fully saturated rings. The predicted octanol–water partition coefficient (Wildman–Crippen LogP) is 6.42. The summed E-state index contributed by atoms with van der Waals surface area (Å²) < 4.78 is 41.4. The van der Waals surface area contributed by atoms with Gasteiger partial charge in [0.2, 0.25) is 0 Å². The number of hydrogen-bond donors (Lipinski definition) is 1. The molecule has 0 aromatic rings. The van der Waals surface area contributed by atoms with Crippen LogP contribution in [-0.4, -0.2) is 23.9 Å². The van der Waals surface area contributed by atoms with Crippen LogP contribution < -0.4 is 5.43 Å². The molecule has 1 N–H and O–H groups in total. The molecule has 2 atom stereocenters. The van der Waals surface area contributed by atoms with Gasteiger partial charge < -0.3 is 0 Å². The fraction of sp³-hybridized carbons (Fsp3) is 1.00. The number of alkyl halides is 3. The fourth-order valence-electron chi connectivity index (χ4n) is 4.08. The lowest BCUT2D eigenvalue weighted by Crippen LogP contribution is -2.51. The maximum atomic E-state index is 13.8. The van der Waals surface area contributed by atoms with Gasteiger partial charge in [0.1, 0.15) is 0 Å². The molecule has 2 nitrogen and oxygen atoms in total. The molecular formula is C19H37F3N2. The van der Waals surface area contributed by atoms with Gasteiger partial charge in [-0.3, -0.25) is 0 Å². The Bertz CT molecular complexity index is 343. The van der Waals surface area contributed by atoms with Crippen molar-refractivity contribution in [3.05, 3.63) is 0 Å². The lowest BCUT2D eigenvalue weighted by atomic mass is 9.71. The zero-order valence-electron chi connectivity index (χ0n) is 16.1. The van der Waals surface area contributed by atoms with Crippen molar-refractivity contribution in [2.75, 3.05) is 7.05 Å². The Morgan fingerprint density at radius 2 is 1.17 bits per heavy atom. The summed E-state index contributed by atoms with van der Waals surface area (Å²) in [6, 6.07) is 0. The molecule has 0 aliphatic carbocycles. The summed E-state index contributed by atoms with van der Waals surface area (Å²) in [7, 11) is 1.53. The molecule has 2 unspecified atom stereocenters. The van der Waals surface area contributed by atoms with Crippen LogP contribution in [0, 0.1) is 5.41 Å². The van der Waals surface area contributed by atoms with Crippen molar-refractivity contribution in [3.8, 4) is 0 Å². The largest absolute Gasteiger partial charge is 0.423 e. The van der Waals surface area contributed by atoms with Crippen LogP contribution in [-0.2, 0) is 0 Å². The highest BCUT2D eigenvalue weighted by molar-refractivity contribution is 5.13. The maximum Gasteiger partial charge on any atom is 0.423 e. The Morgan fingerprint density at radius 1 is 0.792 bits per heavy atom. The molecule has 1 aliphatic rings. The molecule has 1 rings (SSSR count). The topological polar surface area (TPSA) is 25.0 Å². The van der Waals surface area contributed by atoms with E-state index in [0.717, 1.165) is 51.4 Å². The standard InChI is InChI=1S/C19H37F3N2/c1-5-7-9-11-13-15-17(3,16-14-12-10-8-6-2)18(19(20,21)22)23-24(18)4/h23H,5-16H2,1-4H3. The summed E-state index contributed by atoms with van der Waals surface area (Å²) in [6.07, 6.45) is 7.83. The van der Waals surface area contributed by atoms with Gasteiger partial charge in [-0.1, -0.05) is 85.0 Å². The van der Waals surface area contributed by atoms with Gasteiger partial charge in [0.15, 0.2) is 5.66 Å². The summed E-state index contributed by atoms with van der Waals surface area (Å²) in [4.78, 5) is 0. The number of hydrazine groups is 1. The number of hydrogen-bond acceptors (Lipinski definition) is 2. The molecule has 1 aliphatic heterocycles. The van der Waals surface area contributed by atoms with Crippen molar-refractivity contribution >= 4 is 0 Å². The third kappa shape index (κ3) is 5.10. The van der Waals surface area contributed by atoms with Gasteiger partial charge in [-0.25, -0.2) is 10.4 Å². The Hall–Kier alpha value is -0.290. The molecule has 0 radical (unpaired) electrons. The summed E-state index contributed by atoms with van der Waals surface area (Å²) in [5.41, 5.74) is 0.0627. The highest BCUT2D eigenvalue weighted by Crippen LogP contribution is 2.56. The number of halogens is 3. The molecule has 1 saturated heterocycles. The van der Waals surface area contributed by atoms with Crippen LogP contribution in [0.1, 0.15) is 97.8 Å². The molecule has 144 valence electrons. The normalized spacial score (nSPS) is 24.4. The minimum absolute atomic E-state index is 0.640. The minimum Gasteiger partial charge on any atom is -0.224 e. The highest BCUT2D eigenvalue weighted by Gasteiger charge is 2.75. The van der Waals surface area contributed by atoms with Gasteiger partial charge in [-0.2, -0.15) is 13.2 Å². The third-order valence-corrected chi connectivity index (χ3v) is 5.73. The second-order valence-corrected chi connectivity index (χ2v) is 7.77. The van der Waals surface area contributed by atoms with Crippen molar-refractivity contribution in [1.82, 2.24) is 10.4 Å². The van der Waals surface area contributed by atoms with Crippen molar-refractivity contribution in [3.63, 3.8) is 0 Å². The molecule has 0 amide bonds. The van der Waals surface area contributed by atoms with E-state index in [-0.39, 0.29) is 0 Å². The zero-order chi connectivity index (χ0) is 18.3. The van der Waals surface area contributed by atoms with Crippen molar-refractivity contribution in [1.29, 1.82) is 0 Å². The van der Waals surface area contributed by atoms with E-state index in [1.165, 1.54) is 24.9 Å². The Kier molecular flexibility index (Phi) is 8.54. The summed E-state index contributed by atoms with van der Waals surface area (Å²) in [5, 5.41) is 1.28.